The number of carbonyl (C=O) groups is 1. The minimum absolute atomic E-state index is 0.0676. The lowest BCUT2D eigenvalue weighted by Gasteiger charge is -2.32. The normalized spacial score (nSPS) is 15.7. The summed E-state index contributed by atoms with van der Waals surface area (Å²) in [6.07, 6.45) is 4.73. The third-order valence-electron chi connectivity index (χ3n) is 5.28. The maximum absolute atomic E-state index is 12.2. The lowest BCUT2D eigenvalue weighted by molar-refractivity contribution is -0.118. The number of benzene rings is 1. The van der Waals surface area contributed by atoms with Crippen LogP contribution in [-0.4, -0.2) is 77.3 Å². The molecule has 0 bridgehead atoms. The maximum atomic E-state index is 12.2. The van der Waals surface area contributed by atoms with E-state index in [-0.39, 0.29) is 5.91 Å². The Morgan fingerprint density at radius 1 is 1.18 bits per heavy atom. The molecule has 2 aromatic rings. The summed E-state index contributed by atoms with van der Waals surface area (Å²) < 4.78 is 2.04. The number of carbonyl (C=O) groups excluding carboxylic acids is 1. The Hall–Kier alpha value is -1.83. The van der Waals surface area contributed by atoms with E-state index in [1.165, 1.54) is 22.9 Å². The fourth-order valence-electron chi connectivity index (χ4n) is 3.25. The second kappa shape index (κ2) is 10.1. The van der Waals surface area contributed by atoms with Crippen molar-refractivity contribution in [3.63, 3.8) is 0 Å². The molecule has 0 radical (unpaired) electrons. The van der Waals surface area contributed by atoms with Gasteiger partial charge in [0.1, 0.15) is 0 Å². The monoisotopic (exact) mass is 401 g/mol. The Morgan fingerprint density at radius 3 is 2.71 bits per heavy atom. The number of aromatic nitrogens is 2. The van der Waals surface area contributed by atoms with E-state index in [4.69, 9.17) is 0 Å². The molecule has 1 saturated heterocycles. The Morgan fingerprint density at radius 2 is 1.96 bits per heavy atom. The van der Waals surface area contributed by atoms with Gasteiger partial charge in [-0.15, -0.1) is 0 Å². The number of aryl methyl sites for hydroxylation is 2. The number of thioether (sulfide) groups is 1. The number of nitrogens with zero attached hydrogens (tertiary/aromatic N) is 4. The fraction of sp³-hybridized carbons (Fsp3) is 0.524. The summed E-state index contributed by atoms with van der Waals surface area (Å²) in [6.45, 7) is 10.5. The van der Waals surface area contributed by atoms with E-state index >= 15 is 0 Å². The number of amides is 1. The molecule has 1 aromatic carbocycles. The van der Waals surface area contributed by atoms with Gasteiger partial charge < -0.3 is 15.1 Å². The molecule has 28 heavy (non-hydrogen) atoms. The highest BCUT2D eigenvalue weighted by Crippen LogP contribution is 2.22. The molecule has 0 saturated carbocycles. The number of piperazine rings is 1. The Kier molecular flexibility index (Phi) is 7.53. The zero-order valence-corrected chi connectivity index (χ0v) is 18.0. The van der Waals surface area contributed by atoms with Gasteiger partial charge in [-0.05, 0) is 57.1 Å². The van der Waals surface area contributed by atoms with Crippen molar-refractivity contribution in [1.82, 2.24) is 24.7 Å². The first-order chi connectivity index (χ1) is 13.5. The smallest absolute Gasteiger partial charge is 0.230 e. The van der Waals surface area contributed by atoms with E-state index in [0.29, 0.717) is 5.75 Å². The third-order valence-corrected chi connectivity index (χ3v) is 6.24. The Bertz CT molecular complexity index is 783. The van der Waals surface area contributed by atoms with Crippen molar-refractivity contribution >= 4 is 17.7 Å². The summed E-state index contributed by atoms with van der Waals surface area (Å²) in [4.78, 5) is 21.4. The third kappa shape index (κ3) is 5.83. The second-order valence-electron chi connectivity index (χ2n) is 7.49. The van der Waals surface area contributed by atoms with Crippen molar-refractivity contribution in [1.29, 1.82) is 0 Å². The van der Waals surface area contributed by atoms with Crippen LogP contribution in [0.3, 0.4) is 0 Å². The van der Waals surface area contributed by atoms with Gasteiger partial charge in [-0.25, -0.2) is 4.98 Å². The fourth-order valence-corrected chi connectivity index (χ4v) is 4.05. The standard InChI is InChI=1S/C21H31N5OS/c1-17-5-6-19(15-18(17)2)26-10-8-23-21(26)28-16-20(27)22-7-4-9-25-13-11-24(3)12-14-25/h5-6,8,10,15H,4,7,9,11-14,16H2,1-3H3,(H,22,27). The lowest BCUT2D eigenvalue weighted by atomic mass is 10.1. The zero-order chi connectivity index (χ0) is 19.9. The number of hydrogen-bond acceptors (Lipinski definition) is 5. The molecule has 0 spiro atoms. The van der Waals surface area contributed by atoms with Crippen LogP contribution >= 0.6 is 11.8 Å². The summed E-state index contributed by atoms with van der Waals surface area (Å²) in [7, 11) is 2.17. The van der Waals surface area contributed by atoms with Crippen molar-refractivity contribution in [3.8, 4) is 5.69 Å². The van der Waals surface area contributed by atoms with Crippen molar-refractivity contribution < 1.29 is 4.79 Å². The van der Waals surface area contributed by atoms with Gasteiger partial charge >= 0.3 is 0 Å². The van der Waals surface area contributed by atoms with E-state index in [2.05, 4.69) is 59.2 Å². The predicted octanol–water partition coefficient (Wildman–Crippen LogP) is 2.33. The van der Waals surface area contributed by atoms with E-state index in [1.54, 1.807) is 6.20 Å². The summed E-state index contributed by atoms with van der Waals surface area (Å²) in [6, 6.07) is 6.36. The molecule has 6 nitrogen and oxygen atoms in total. The number of likely N-dealkylation sites (N-methyl/N-ethyl adjacent to an activating group) is 1. The van der Waals surface area contributed by atoms with E-state index in [1.807, 2.05) is 10.8 Å². The molecule has 0 aliphatic carbocycles. The number of hydrogen-bond donors (Lipinski definition) is 1. The van der Waals surface area contributed by atoms with Crippen LogP contribution in [-0.2, 0) is 4.79 Å². The molecule has 2 heterocycles. The highest BCUT2D eigenvalue weighted by Gasteiger charge is 2.13. The number of nitrogens with one attached hydrogen (secondary N) is 1. The molecule has 1 N–H and O–H groups in total. The molecular formula is C21H31N5OS. The molecule has 1 fully saturated rings. The predicted molar refractivity (Wildman–Crippen MR) is 115 cm³/mol. The maximum Gasteiger partial charge on any atom is 0.230 e. The number of imidazole rings is 1. The second-order valence-corrected chi connectivity index (χ2v) is 8.43. The quantitative estimate of drug-likeness (QED) is 0.544. The first kappa shape index (κ1) is 20.9. The molecule has 3 rings (SSSR count). The van der Waals surface area contributed by atoms with Gasteiger partial charge in [0.2, 0.25) is 5.91 Å². The minimum Gasteiger partial charge on any atom is -0.355 e. The molecule has 152 valence electrons. The highest BCUT2D eigenvalue weighted by molar-refractivity contribution is 7.99. The van der Waals surface area contributed by atoms with Crippen LogP contribution < -0.4 is 5.32 Å². The van der Waals surface area contributed by atoms with Crippen molar-refractivity contribution in [3.05, 3.63) is 41.7 Å². The van der Waals surface area contributed by atoms with Crippen molar-refractivity contribution in [2.75, 3.05) is 52.1 Å². The van der Waals surface area contributed by atoms with Crippen LogP contribution in [0.4, 0.5) is 0 Å². The Labute approximate surface area is 172 Å². The molecule has 0 atom stereocenters. The van der Waals surface area contributed by atoms with Gasteiger partial charge in [-0.3, -0.25) is 9.36 Å². The minimum atomic E-state index is 0.0676. The summed E-state index contributed by atoms with van der Waals surface area (Å²) in [5, 5.41) is 3.88. The van der Waals surface area contributed by atoms with Gasteiger partial charge in [-0.2, -0.15) is 0 Å². The Balaban J connectivity index is 1.40. The SMILES string of the molecule is Cc1ccc(-n2ccnc2SCC(=O)NCCCN2CCN(C)CC2)cc1C. The van der Waals surface area contributed by atoms with Crippen LogP contribution in [0.15, 0.2) is 35.7 Å². The number of rotatable bonds is 8. The van der Waals surface area contributed by atoms with Crippen molar-refractivity contribution in [2.45, 2.75) is 25.4 Å². The van der Waals surface area contributed by atoms with E-state index in [9.17, 15) is 4.79 Å². The summed E-state index contributed by atoms with van der Waals surface area (Å²) in [5.41, 5.74) is 3.60. The molecule has 1 aliphatic heterocycles. The lowest BCUT2D eigenvalue weighted by Crippen LogP contribution is -2.45. The van der Waals surface area contributed by atoms with Gasteiger partial charge in [-0.1, -0.05) is 17.8 Å². The molecule has 1 aromatic heterocycles. The molecule has 7 heteroatoms. The van der Waals surface area contributed by atoms with Gasteiger partial charge in [0.15, 0.2) is 5.16 Å². The molecule has 1 amide bonds. The van der Waals surface area contributed by atoms with E-state index < -0.39 is 0 Å². The van der Waals surface area contributed by atoms with Gasteiger partial charge in [0, 0.05) is 50.8 Å². The molecule has 1 aliphatic rings. The zero-order valence-electron chi connectivity index (χ0n) is 17.1. The summed E-state index contributed by atoms with van der Waals surface area (Å²) >= 11 is 1.48. The van der Waals surface area contributed by atoms with Gasteiger partial charge in [0.05, 0.1) is 5.75 Å². The average Bonchev–Trinajstić information content (AvgIpc) is 3.16. The van der Waals surface area contributed by atoms with E-state index in [0.717, 1.165) is 56.5 Å². The molecular weight excluding hydrogens is 370 g/mol. The summed E-state index contributed by atoms with van der Waals surface area (Å²) in [5.74, 6) is 0.453. The van der Waals surface area contributed by atoms with Crippen LogP contribution in [0.1, 0.15) is 17.5 Å². The topological polar surface area (TPSA) is 53.4 Å². The highest BCUT2D eigenvalue weighted by atomic mass is 32.2. The van der Waals surface area contributed by atoms with Crippen LogP contribution in [0.2, 0.25) is 0 Å². The van der Waals surface area contributed by atoms with Crippen molar-refractivity contribution in [2.24, 2.45) is 0 Å². The average molecular weight is 402 g/mol. The first-order valence-corrected chi connectivity index (χ1v) is 10.9. The van der Waals surface area contributed by atoms with Crippen LogP contribution in [0.5, 0.6) is 0 Å². The van der Waals surface area contributed by atoms with Crippen LogP contribution in [0, 0.1) is 13.8 Å². The molecule has 0 unspecified atom stereocenters. The first-order valence-electron chi connectivity index (χ1n) is 9.94. The largest absolute Gasteiger partial charge is 0.355 e. The van der Waals surface area contributed by atoms with Crippen LogP contribution in [0.25, 0.3) is 5.69 Å². The van der Waals surface area contributed by atoms with Gasteiger partial charge in [0.25, 0.3) is 0 Å².